The molecule has 1 unspecified atom stereocenters. The van der Waals surface area contributed by atoms with Crippen LogP contribution in [-0.2, 0) is 4.79 Å². The molecule has 0 aromatic heterocycles. The molecule has 0 bridgehead atoms. The molecule has 22 heavy (non-hydrogen) atoms. The number of benzene rings is 1. The Balaban J connectivity index is 2.12. The Bertz CT molecular complexity index is 603. The summed E-state index contributed by atoms with van der Waals surface area (Å²) in [5.74, 6) is -0.579. The predicted octanol–water partition coefficient (Wildman–Crippen LogP) is 3.90. The first kappa shape index (κ1) is 16.8. The largest absolute Gasteiger partial charge is 0.481 e. The Kier molecular flexibility index (Phi) is 4.80. The highest BCUT2D eigenvalue weighted by atomic mass is 79.9. The monoisotopic (exact) mass is 368 g/mol. The number of rotatable bonds is 3. The van der Waals surface area contributed by atoms with Crippen LogP contribution in [0.3, 0.4) is 0 Å². The van der Waals surface area contributed by atoms with Crippen LogP contribution in [0, 0.1) is 5.41 Å². The number of carboxylic acids is 1. The Hall–Kier alpha value is -1.56. The van der Waals surface area contributed by atoms with Gasteiger partial charge in [0, 0.05) is 23.2 Å². The first-order valence-electron chi connectivity index (χ1n) is 7.32. The molecule has 0 saturated carbocycles. The van der Waals surface area contributed by atoms with E-state index in [2.05, 4.69) is 35.1 Å². The van der Waals surface area contributed by atoms with Gasteiger partial charge in [-0.05, 0) is 43.0 Å². The molecule has 1 aliphatic heterocycles. The fraction of sp³-hybridized carbons (Fsp3) is 0.500. The van der Waals surface area contributed by atoms with Crippen LogP contribution in [0.25, 0.3) is 0 Å². The second-order valence-electron chi connectivity index (χ2n) is 6.35. The maximum absolute atomic E-state index is 12.4. The van der Waals surface area contributed by atoms with Crippen molar-refractivity contribution in [1.82, 2.24) is 4.90 Å². The molecular formula is C16H21BrN2O3. The number of aliphatic carboxylic acids is 1. The van der Waals surface area contributed by atoms with Gasteiger partial charge in [0.1, 0.15) is 0 Å². The first-order chi connectivity index (χ1) is 10.2. The van der Waals surface area contributed by atoms with Crippen LogP contribution >= 0.6 is 15.9 Å². The standard InChI is InChI=1S/C16H21BrN2O3/c1-10(2)12-8-11(17)4-5-13(12)18-15(22)19-7-6-16(3,9-19)14(20)21/h4-5,8,10H,6-7,9H2,1-3H3,(H,18,22)(H,20,21). The van der Waals surface area contributed by atoms with Gasteiger partial charge < -0.3 is 15.3 Å². The van der Waals surface area contributed by atoms with Gasteiger partial charge >= 0.3 is 12.0 Å². The van der Waals surface area contributed by atoms with Crippen LogP contribution in [0.2, 0.25) is 0 Å². The number of nitrogens with zero attached hydrogens (tertiary/aromatic N) is 1. The highest BCUT2D eigenvalue weighted by molar-refractivity contribution is 9.10. The quantitative estimate of drug-likeness (QED) is 0.849. The van der Waals surface area contributed by atoms with E-state index in [1.807, 2.05) is 18.2 Å². The lowest BCUT2D eigenvalue weighted by molar-refractivity contribution is -0.146. The highest BCUT2D eigenvalue weighted by Gasteiger charge is 2.42. The molecule has 2 N–H and O–H groups in total. The van der Waals surface area contributed by atoms with Gasteiger partial charge in [-0.25, -0.2) is 4.79 Å². The number of nitrogens with one attached hydrogen (secondary N) is 1. The molecule has 0 radical (unpaired) electrons. The zero-order chi connectivity index (χ0) is 16.5. The normalized spacial score (nSPS) is 21.2. The summed E-state index contributed by atoms with van der Waals surface area (Å²) in [6, 6.07) is 5.50. The maximum Gasteiger partial charge on any atom is 0.321 e. The van der Waals surface area contributed by atoms with Crippen LogP contribution in [-0.4, -0.2) is 35.1 Å². The predicted molar refractivity (Wildman–Crippen MR) is 89.2 cm³/mol. The molecule has 0 aliphatic carbocycles. The fourth-order valence-corrected chi connectivity index (χ4v) is 3.01. The van der Waals surface area contributed by atoms with Crippen molar-refractivity contribution >= 4 is 33.6 Å². The van der Waals surface area contributed by atoms with Crippen molar-refractivity contribution in [3.63, 3.8) is 0 Å². The third-order valence-electron chi connectivity index (χ3n) is 4.15. The Morgan fingerprint density at radius 1 is 1.41 bits per heavy atom. The van der Waals surface area contributed by atoms with Crippen molar-refractivity contribution in [2.24, 2.45) is 5.41 Å². The van der Waals surface area contributed by atoms with Gasteiger partial charge in [0.2, 0.25) is 0 Å². The summed E-state index contributed by atoms with van der Waals surface area (Å²) in [5.41, 5.74) is 0.966. The number of carboxylic acid groups (broad SMARTS) is 1. The van der Waals surface area contributed by atoms with Gasteiger partial charge in [0.15, 0.2) is 0 Å². The van der Waals surface area contributed by atoms with Crippen molar-refractivity contribution in [2.45, 2.75) is 33.1 Å². The molecule has 1 fully saturated rings. The van der Waals surface area contributed by atoms with Crippen molar-refractivity contribution in [3.8, 4) is 0 Å². The summed E-state index contributed by atoms with van der Waals surface area (Å²) >= 11 is 3.44. The van der Waals surface area contributed by atoms with Crippen LogP contribution in [0.4, 0.5) is 10.5 Å². The van der Waals surface area contributed by atoms with E-state index in [-0.39, 0.29) is 18.5 Å². The topological polar surface area (TPSA) is 69.6 Å². The number of urea groups is 1. The van der Waals surface area contributed by atoms with E-state index in [0.29, 0.717) is 13.0 Å². The summed E-state index contributed by atoms with van der Waals surface area (Å²) in [6.07, 6.45) is 0.479. The molecule has 1 atom stereocenters. The maximum atomic E-state index is 12.4. The summed E-state index contributed by atoms with van der Waals surface area (Å²) in [6.45, 7) is 6.51. The average Bonchev–Trinajstić information content (AvgIpc) is 2.85. The zero-order valence-corrected chi connectivity index (χ0v) is 14.6. The molecule has 1 saturated heterocycles. The van der Waals surface area contributed by atoms with Gasteiger partial charge in [-0.1, -0.05) is 29.8 Å². The molecule has 1 aromatic carbocycles. The lowest BCUT2D eigenvalue weighted by Crippen LogP contribution is -2.37. The number of carbonyl (C=O) groups is 2. The molecule has 1 aromatic rings. The smallest absolute Gasteiger partial charge is 0.321 e. The molecule has 1 aliphatic rings. The molecule has 120 valence electrons. The summed E-state index contributed by atoms with van der Waals surface area (Å²) in [7, 11) is 0. The van der Waals surface area contributed by atoms with Crippen molar-refractivity contribution in [2.75, 3.05) is 18.4 Å². The van der Waals surface area contributed by atoms with E-state index in [1.165, 1.54) is 0 Å². The highest BCUT2D eigenvalue weighted by Crippen LogP contribution is 2.32. The Morgan fingerprint density at radius 3 is 2.64 bits per heavy atom. The Labute approximate surface area is 138 Å². The second kappa shape index (κ2) is 6.28. The lowest BCUT2D eigenvalue weighted by atomic mass is 9.90. The third kappa shape index (κ3) is 3.43. The minimum atomic E-state index is -0.852. The Morgan fingerprint density at radius 2 is 2.09 bits per heavy atom. The van der Waals surface area contributed by atoms with Crippen LogP contribution in [0.15, 0.2) is 22.7 Å². The molecule has 1 heterocycles. The lowest BCUT2D eigenvalue weighted by Gasteiger charge is -2.22. The number of amides is 2. The molecule has 2 rings (SSSR count). The molecule has 0 spiro atoms. The number of hydrogen-bond donors (Lipinski definition) is 2. The second-order valence-corrected chi connectivity index (χ2v) is 7.27. The average molecular weight is 369 g/mol. The van der Waals surface area contributed by atoms with E-state index < -0.39 is 11.4 Å². The van der Waals surface area contributed by atoms with Crippen molar-refractivity contribution in [3.05, 3.63) is 28.2 Å². The summed E-state index contributed by atoms with van der Waals surface area (Å²) in [5, 5.41) is 12.2. The number of halogens is 1. The SMILES string of the molecule is CC(C)c1cc(Br)ccc1NC(=O)N1CCC(C)(C(=O)O)C1. The molecular weight excluding hydrogens is 348 g/mol. The van der Waals surface area contributed by atoms with Crippen molar-refractivity contribution < 1.29 is 14.7 Å². The molecule has 6 heteroatoms. The van der Waals surface area contributed by atoms with E-state index in [1.54, 1.807) is 11.8 Å². The number of likely N-dealkylation sites (tertiary alicyclic amines) is 1. The molecule has 2 amide bonds. The van der Waals surface area contributed by atoms with Crippen LogP contribution < -0.4 is 5.32 Å². The summed E-state index contributed by atoms with van der Waals surface area (Å²) in [4.78, 5) is 25.2. The molecule has 5 nitrogen and oxygen atoms in total. The summed E-state index contributed by atoms with van der Waals surface area (Å²) < 4.78 is 0.967. The van der Waals surface area contributed by atoms with Gasteiger partial charge in [-0.3, -0.25) is 4.79 Å². The van der Waals surface area contributed by atoms with Gasteiger partial charge in [-0.2, -0.15) is 0 Å². The van der Waals surface area contributed by atoms with E-state index in [4.69, 9.17) is 0 Å². The van der Waals surface area contributed by atoms with E-state index in [9.17, 15) is 14.7 Å². The number of carbonyl (C=O) groups excluding carboxylic acids is 1. The third-order valence-corrected chi connectivity index (χ3v) is 4.65. The minimum absolute atomic E-state index is 0.238. The van der Waals surface area contributed by atoms with E-state index in [0.717, 1.165) is 15.7 Å². The van der Waals surface area contributed by atoms with Gasteiger partial charge in [-0.15, -0.1) is 0 Å². The minimum Gasteiger partial charge on any atom is -0.481 e. The van der Waals surface area contributed by atoms with Crippen LogP contribution in [0.5, 0.6) is 0 Å². The van der Waals surface area contributed by atoms with Gasteiger partial charge in [0.05, 0.1) is 5.41 Å². The first-order valence-corrected chi connectivity index (χ1v) is 8.11. The fourth-order valence-electron chi connectivity index (χ4n) is 2.63. The van der Waals surface area contributed by atoms with Crippen molar-refractivity contribution in [1.29, 1.82) is 0 Å². The number of anilines is 1. The van der Waals surface area contributed by atoms with Crippen LogP contribution in [0.1, 0.15) is 38.7 Å². The van der Waals surface area contributed by atoms with Gasteiger partial charge in [0.25, 0.3) is 0 Å². The van der Waals surface area contributed by atoms with E-state index >= 15 is 0 Å². The zero-order valence-electron chi connectivity index (χ0n) is 13.0. The number of hydrogen-bond acceptors (Lipinski definition) is 2.